The van der Waals surface area contributed by atoms with Crippen molar-refractivity contribution in [2.75, 3.05) is 53.5 Å². The highest BCUT2D eigenvalue weighted by atomic mass is 35.5. The van der Waals surface area contributed by atoms with E-state index < -0.39 is 0 Å². The van der Waals surface area contributed by atoms with Crippen LogP contribution in [-0.4, -0.2) is 69.2 Å². The van der Waals surface area contributed by atoms with Gasteiger partial charge in [-0.3, -0.25) is 9.89 Å². The predicted molar refractivity (Wildman–Crippen MR) is 101 cm³/mol. The number of ether oxygens (including phenoxy) is 1. The van der Waals surface area contributed by atoms with Crippen molar-refractivity contribution in [1.82, 2.24) is 15.1 Å². The highest BCUT2D eigenvalue weighted by molar-refractivity contribution is 6.31. The van der Waals surface area contributed by atoms with Gasteiger partial charge in [0.1, 0.15) is 0 Å². The number of nitrogens with zero attached hydrogens (tertiary/aromatic N) is 3. The number of rotatable bonds is 7. The van der Waals surface area contributed by atoms with Crippen LogP contribution in [0, 0.1) is 0 Å². The van der Waals surface area contributed by atoms with E-state index in [1.807, 2.05) is 32.3 Å². The minimum atomic E-state index is 0.743. The van der Waals surface area contributed by atoms with Crippen LogP contribution in [0.4, 0.5) is 0 Å². The minimum absolute atomic E-state index is 0.743. The number of benzene rings is 1. The molecule has 6 heteroatoms. The highest BCUT2D eigenvalue weighted by Crippen LogP contribution is 2.16. The largest absolute Gasteiger partial charge is 0.379 e. The monoisotopic (exact) mass is 352 g/mol. The highest BCUT2D eigenvalue weighted by Gasteiger charge is 2.10. The molecule has 24 heavy (non-hydrogen) atoms. The van der Waals surface area contributed by atoms with Gasteiger partial charge in [-0.15, -0.1) is 0 Å². The molecule has 1 heterocycles. The fraction of sp³-hybridized carbons (Fsp3) is 0.611. The van der Waals surface area contributed by atoms with Crippen molar-refractivity contribution >= 4 is 17.6 Å². The lowest BCUT2D eigenvalue weighted by molar-refractivity contribution is 0.0372. The summed E-state index contributed by atoms with van der Waals surface area (Å²) in [5, 5.41) is 4.23. The van der Waals surface area contributed by atoms with E-state index in [0.717, 1.165) is 68.9 Å². The van der Waals surface area contributed by atoms with Gasteiger partial charge in [0, 0.05) is 45.3 Å². The van der Waals surface area contributed by atoms with Gasteiger partial charge >= 0.3 is 0 Å². The van der Waals surface area contributed by atoms with Crippen molar-refractivity contribution in [2.45, 2.75) is 19.4 Å². The van der Waals surface area contributed by atoms with Gasteiger partial charge < -0.3 is 15.0 Å². The maximum atomic E-state index is 6.24. The van der Waals surface area contributed by atoms with E-state index in [4.69, 9.17) is 16.3 Å². The van der Waals surface area contributed by atoms with E-state index in [0.29, 0.717) is 0 Å². The van der Waals surface area contributed by atoms with Crippen molar-refractivity contribution in [3.05, 3.63) is 34.9 Å². The number of hydrogen-bond acceptors (Lipinski definition) is 3. The van der Waals surface area contributed by atoms with Gasteiger partial charge in [-0.1, -0.05) is 29.8 Å². The molecule has 0 aromatic heterocycles. The molecule has 0 radical (unpaired) electrons. The molecule has 0 saturated carbocycles. The van der Waals surface area contributed by atoms with Gasteiger partial charge in [-0.25, -0.2) is 0 Å². The topological polar surface area (TPSA) is 40.1 Å². The summed E-state index contributed by atoms with van der Waals surface area (Å²) in [5.41, 5.74) is 1.11. The Morgan fingerprint density at radius 2 is 2.04 bits per heavy atom. The minimum Gasteiger partial charge on any atom is -0.379 e. The average molecular weight is 353 g/mol. The van der Waals surface area contributed by atoms with Gasteiger partial charge in [-0.2, -0.15) is 0 Å². The van der Waals surface area contributed by atoms with Crippen LogP contribution < -0.4 is 5.32 Å². The normalized spacial score (nSPS) is 16.2. The van der Waals surface area contributed by atoms with Crippen LogP contribution in [0.2, 0.25) is 5.02 Å². The summed E-state index contributed by atoms with van der Waals surface area (Å²) in [6, 6.07) is 7.94. The third-order valence-electron chi connectivity index (χ3n) is 4.23. The van der Waals surface area contributed by atoms with Crippen molar-refractivity contribution in [2.24, 2.45) is 4.99 Å². The summed E-state index contributed by atoms with van der Waals surface area (Å²) in [7, 11) is 3.85. The van der Waals surface area contributed by atoms with Crippen LogP contribution in [0.15, 0.2) is 29.3 Å². The third kappa shape index (κ3) is 6.30. The van der Waals surface area contributed by atoms with Crippen molar-refractivity contribution in [1.29, 1.82) is 0 Å². The molecular weight excluding hydrogens is 324 g/mol. The van der Waals surface area contributed by atoms with Crippen LogP contribution in [-0.2, 0) is 11.3 Å². The molecule has 1 aliphatic heterocycles. The van der Waals surface area contributed by atoms with Crippen molar-refractivity contribution in [3.63, 3.8) is 0 Å². The number of morpholine rings is 1. The Kier molecular flexibility index (Phi) is 8.36. The fourth-order valence-electron chi connectivity index (χ4n) is 2.83. The third-order valence-corrected chi connectivity index (χ3v) is 4.60. The second kappa shape index (κ2) is 10.5. The number of guanidine groups is 1. The molecule has 0 unspecified atom stereocenters. The molecule has 1 aliphatic rings. The lowest BCUT2D eigenvalue weighted by atomic mass is 10.2. The lowest BCUT2D eigenvalue weighted by Gasteiger charge is -2.26. The molecular formula is C18H29ClN4O. The number of nitrogens with one attached hydrogen (secondary N) is 1. The molecule has 134 valence electrons. The van der Waals surface area contributed by atoms with Gasteiger partial charge in [0.25, 0.3) is 0 Å². The van der Waals surface area contributed by atoms with E-state index in [-0.39, 0.29) is 0 Å². The molecule has 0 aliphatic carbocycles. The Labute approximate surface area is 150 Å². The number of halogens is 1. The maximum absolute atomic E-state index is 6.24. The standard InChI is InChI=1S/C18H29ClN4O/c1-20-18(22(2)15-16-7-3-4-8-17(16)19)21-9-5-6-10-23-11-13-24-14-12-23/h3-4,7-8H,5-6,9-15H2,1-2H3,(H,20,21). The summed E-state index contributed by atoms with van der Waals surface area (Å²) < 4.78 is 5.37. The van der Waals surface area contributed by atoms with Crippen LogP contribution >= 0.6 is 11.6 Å². The van der Waals surface area contributed by atoms with E-state index in [1.165, 1.54) is 6.42 Å². The van der Waals surface area contributed by atoms with E-state index in [1.54, 1.807) is 0 Å². The first-order chi connectivity index (χ1) is 11.7. The molecule has 1 aromatic carbocycles. The molecule has 0 spiro atoms. The summed E-state index contributed by atoms with van der Waals surface area (Å²) in [6.45, 7) is 6.71. The first-order valence-electron chi connectivity index (χ1n) is 8.66. The zero-order valence-electron chi connectivity index (χ0n) is 14.8. The Hall–Kier alpha value is -1.30. The first kappa shape index (κ1) is 19.0. The summed E-state index contributed by atoms with van der Waals surface area (Å²) >= 11 is 6.24. The zero-order chi connectivity index (χ0) is 17.2. The second-order valence-electron chi connectivity index (χ2n) is 6.08. The summed E-state index contributed by atoms with van der Waals surface area (Å²) in [4.78, 5) is 8.94. The van der Waals surface area contributed by atoms with Gasteiger partial charge in [0.05, 0.1) is 13.2 Å². The Morgan fingerprint density at radius 3 is 2.75 bits per heavy atom. The summed E-state index contributed by atoms with van der Waals surface area (Å²) in [6.07, 6.45) is 2.33. The fourth-order valence-corrected chi connectivity index (χ4v) is 3.02. The second-order valence-corrected chi connectivity index (χ2v) is 6.49. The molecule has 1 aromatic rings. The Bertz CT molecular complexity index is 517. The maximum Gasteiger partial charge on any atom is 0.193 e. The number of aliphatic imine (C=N–C) groups is 1. The molecule has 2 rings (SSSR count). The predicted octanol–water partition coefficient (Wildman–Crippen LogP) is 2.46. The van der Waals surface area contributed by atoms with Gasteiger partial charge in [0.15, 0.2) is 5.96 Å². The zero-order valence-corrected chi connectivity index (χ0v) is 15.6. The van der Waals surface area contributed by atoms with Crippen molar-refractivity contribution < 1.29 is 4.74 Å². The average Bonchev–Trinajstić information content (AvgIpc) is 2.61. The Morgan fingerprint density at radius 1 is 1.29 bits per heavy atom. The molecule has 1 fully saturated rings. The number of hydrogen-bond donors (Lipinski definition) is 1. The van der Waals surface area contributed by atoms with E-state index >= 15 is 0 Å². The van der Waals surface area contributed by atoms with Crippen LogP contribution in [0.1, 0.15) is 18.4 Å². The Balaban J connectivity index is 1.67. The lowest BCUT2D eigenvalue weighted by Crippen LogP contribution is -2.39. The first-order valence-corrected chi connectivity index (χ1v) is 9.04. The van der Waals surface area contributed by atoms with Crippen LogP contribution in [0.5, 0.6) is 0 Å². The molecule has 5 nitrogen and oxygen atoms in total. The van der Waals surface area contributed by atoms with E-state index in [2.05, 4.69) is 26.2 Å². The smallest absolute Gasteiger partial charge is 0.193 e. The van der Waals surface area contributed by atoms with Gasteiger partial charge in [0.2, 0.25) is 0 Å². The molecule has 0 atom stereocenters. The molecule has 1 saturated heterocycles. The van der Waals surface area contributed by atoms with Crippen LogP contribution in [0.3, 0.4) is 0 Å². The summed E-state index contributed by atoms with van der Waals surface area (Å²) in [5.74, 6) is 0.904. The number of unbranched alkanes of at least 4 members (excludes halogenated alkanes) is 1. The molecule has 1 N–H and O–H groups in total. The SMILES string of the molecule is CN=C(NCCCCN1CCOCC1)N(C)Cc1ccccc1Cl. The van der Waals surface area contributed by atoms with Crippen LogP contribution in [0.25, 0.3) is 0 Å². The quantitative estimate of drug-likeness (QED) is 0.465. The van der Waals surface area contributed by atoms with Gasteiger partial charge in [-0.05, 0) is 31.0 Å². The van der Waals surface area contributed by atoms with E-state index in [9.17, 15) is 0 Å². The molecule has 0 bridgehead atoms. The van der Waals surface area contributed by atoms with Crippen molar-refractivity contribution in [3.8, 4) is 0 Å². The molecule has 0 amide bonds.